The Kier molecular flexibility index (Phi) is 8.15. The fraction of sp³-hybridized carbons (Fsp3) is 0.240. The normalized spacial score (nSPS) is 15.6. The van der Waals surface area contributed by atoms with Gasteiger partial charge in [0.2, 0.25) is 0 Å². The van der Waals surface area contributed by atoms with Gasteiger partial charge in [0.25, 0.3) is 5.56 Å². The Bertz CT molecular complexity index is 1510. The minimum atomic E-state index is -0.652. The molecule has 2 aromatic carbocycles. The summed E-state index contributed by atoms with van der Waals surface area (Å²) in [6.45, 7) is 6.14. The number of aromatic nitrogens is 1. The van der Waals surface area contributed by atoms with E-state index in [1.165, 1.54) is 11.3 Å². The van der Waals surface area contributed by atoms with Crippen LogP contribution < -0.4 is 19.6 Å². The number of ether oxygens (including phenoxy) is 2. The van der Waals surface area contributed by atoms with E-state index < -0.39 is 12.0 Å². The molecular formula is C25H21Br3N2O4S. The first-order chi connectivity index (χ1) is 16.7. The summed E-state index contributed by atoms with van der Waals surface area (Å²) in [4.78, 5) is 31.9. The zero-order chi connectivity index (χ0) is 25.3. The van der Waals surface area contributed by atoms with Gasteiger partial charge >= 0.3 is 5.97 Å². The number of benzene rings is 2. The summed E-state index contributed by atoms with van der Waals surface area (Å²) in [5, 5.41) is 0. The van der Waals surface area contributed by atoms with Crippen molar-refractivity contribution >= 4 is 71.2 Å². The zero-order valence-electron chi connectivity index (χ0n) is 19.1. The van der Waals surface area contributed by atoms with Crippen LogP contribution in [0, 0.1) is 0 Å². The molecule has 4 rings (SSSR count). The maximum absolute atomic E-state index is 13.8. The number of thiazole rings is 1. The van der Waals surface area contributed by atoms with E-state index in [9.17, 15) is 9.59 Å². The molecule has 0 fully saturated rings. The number of carbonyl (C=O) groups excluding carboxylic acids is 1. The van der Waals surface area contributed by atoms with Crippen molar-refractivity contribution in [2.75, 3.05) is 13.2 Å². The molecule has 6 nitrogen and oxygen atoms in total. The lowest BCUT2D eigenvalue weighted by Crippen LogP contribution is -2.39. The summed E-state index contributed by atoms with van der Waals surface area (Å²) < 4.78 is 15.8. The van der Waals surface area contributed by atoms with Gasteiger partial charge in [-0.2, -0.15) is 0 Å². The van der Waals surface area contributed by atoms with E-state index in [1.54, 1.807) is 24.5 Å². The van der Waals surface area contributed by atoms with Crippen LogP contribution in [-0.2, 0) is 9.53 Å². The van der Waals surface area contributed by atoms with Crippen molar-refractivity contribution in [3.63, 3.8) is 0 Å². The Morgan fingerprint density at radius 3 is 2.49 bits per heavy atom. The lowest BCUT2D eigenvalue weighted by Gasteiger charge is -2.24. The molecule has 10 heteroatoms. The molecule has 0 bridgehead atoms. The zero-order valence-corrected chi connectivity index (χ0v) is 24.7. The molecule has 1 aromatic heterocycles. The van der Waals surface area contributed by atoms with Gasteiger partial charge in [-0.25, -0.2) is 9.79 Å². The smallest absolute Gasteiger partial charge is 0.338 e. The molecule has 0 saturated heterocycles. The molecule has 0 spiro atoms. The lowest BCUT2D eigenvalue weighted by molar-refractivity contribution is -0.139. The molecule has 1 aliphatic heterocycles. The van der Waals surface area contributed by atoms with Crippen molar-refractivity contribution in [3.8, 4) is 5.75 Å². The van der Waals surface area contributed by atoms with Gasteiger partial charge in [-0.05, 0) is 72.6 Å². The standard InChI is InChI=1S/C25H21Br3N2O4S/c1-4-33-22-15(10-17(27)12-18(22)28)11-19-23(31)30-21(14-6-8-16(26)9-7-14)20(24(32)34-5-2)13(3)29-25(30)35-19/h6-12,21H,4-5H2,1-3H3/b19-11-. The summed E-state index contributed by atoms with van der Waals surface area (Å²) in [5.41, 5.74) is 2.19. The molecule has 1 unspecified atom stereocenters. The van der Waals surface area contributed by atoms with Crippen molar-refractivity contribution in [2.24, 2.45) is 4.99 Å². The molecule has 182 valence electrons. The van der Waals surface area contributed by atoms with Crippen LogP contribution in [0.15, 0.2) is 70.9 Å². The highest BCUT2D eigenvalue weighted by Crippen LogP contribution is 2.34. The van der Waals surface area contributed by atoms with Gasteiger partial charge in [0.1, 0.15) is 5.75 Å². The Hall–Kier alpha value is -2.01. The van der Waals surface area contributed by atoms with Crippen LogP contribution in [0.1, 0.15) is 37.9 Å². The van der Waals surface area contributed by atoms with Gasteiger partial charge in [-0.15, -0.1) is 0 Å². The highest BCUT2D eigenvalue weighted by Gasteiger charge is 2.33. The van der Waals surface area contributed by atoms with E-state index in [4.69, 9.17) is 9.47 Å². The summed E-state index contributed by atoms with van der Waals surface area (Å²) in [6, 6.07) is 10.7. The minimum Gasteiger partial charge on any atom is -0.492 e. The topological polar surface area (TPSA) is 69.9 Å². The van der Waals surface area contributed by atoms with Gasteiger partial charge in [0.15, 0.2) is 4.80 Å². The third-order valence-corrected chi connectivity index (χ3v) is 7.87. The lowest BCUT2D eigenvalue weighted by atomic mass is 9.96. The van der Waals surface area contributed by atoms with Crippen LogP contribution in [0.5, 0.6) is 5.75 Å². The molecule has 1 atom stereocenters. The Balaban J connectivity index is 1.97. The molecule has 2 heterocycles. The second-order valence-electron chi connectivity index (χ2n) is 7.59. The molecule has 1 aliphatic rings. The van der Waals surface area contributed by atoms with Gasteiger partial charge < -0.3 is 9.47 Å². The van der Waals surface area contributed by atoms with Crippen molar-refractivity contribution in [1.29, 1.82) is 0 Å². The Morgan fingerprint density at radius 2 is 1.83 bits per heavy atom. The molecular weight excluding hydrogens is 664 g/mol. The van der Waals surface area contributed by atoms with Crippen LogP contribution in [-0.4, -0.2) is 23.8 Å². The quantitative estimate of drug-likeness (QED) is 0.323. The van der Waals surface area contributed by atoms with Crippen LogP contribution in [0.2, 0.25) is 0 Å². The van der Waals surface area contributed by atoms with E-state index in [1.807, 2.05) is 43.3 Å². The van der Waals surface area contributed by atoms with Crippen LogP contribution in [0.25, 0.3) is 6.08 Å². The number of carbonyl (C=O) groups is 1. The minimum absolute atomic E-state index is 0.227. The maximum atomic E-state index is 13.8. The van der Waals surface area contributed by atoms with Crippen molar-refractivity contribution in [3.05, 3.63) is 91.9 Å². The van der Waals surface area contributed by atoms with Crippen LogP contribution in [0.4, 0.5) is 0 Å². The summed E-state index contributed by atoms with van der Waals surface area (Å²) in [5.74, 6) is 0.167. The molecule has 0 N–H and O–H groups in total. The van der Waals surface area contributed by atoms with Crippen molar-refractivity contribution < 1.29 is 14.3 Å². The van der Waals surface area contributed by atoms with Crippen molar-refractivity contribution in [2.45, 2.75) is 26.8 Å². The molecule has 0 radical (unpaired) electrons. The van der Waals surface area contributed by atoms with E-state index >= 15 is 0 Å². The largest absolute Gasteiger partial charge is 0.492 e. The Morgan fingerprint density at radius 1 is 1.11 bits per heavy atom. The fourth-order valence-electron chi connectivity index (χ4n) is 3.88. The van der Waals surface area contributed by atoms with Crippen molar-refractivity contribution in [1.82, 2.24) is 4.57 Å². The molecule has 0 amide bonds. The average molecular weight is 685 g/mol. The fourth-order valence-corrected chi connectivity index (χ4v) is 6.55. The summed E-state index contributed by atoms with van der Waals surface area (Å²) >= 11 is 11.8. The van der Waals surface area contributed by atoms with Gasteiger partial charge in [0, 0.05) is 14.5 Å². The second-order valence-corrected chi connectivity index (χ2v) is 11.3. The first kappa shape index (κ1) is 26.1. The van der Waals surface area contributed by atoms with Crippen LogP contribution >= 0.6 is 59.1 Å². The number of hydrogen-bond acceptors (Lipinski definition) is 6. The maximum Gasteiger partial charge on any atom is 0.338 e. The number of rotatable bonds is 6. The van der Waals surface area contributed by atoms with E-state index in [-0.39, 0.29) is 12.2 Å². The first-order valence-electron chi connectivity index (χ1n) is 10.8. The van der Waals surface area contributed by atoms with E-state index in [2.05, 4.69) is 52.8 Å². The van der Waals surface area contributed by atoms with Crippen LogP contribution in [0.3, 0.4) is 0 Å². The summed E-state index contributed by atoms with van der Waals surface area (Å²) in [7, 11) is 0. The second kappa shape index (κ2) is 10.9. The number of fused-ring (bicyclic) bond motifs is 1. The van der Waals surface area contributed by atoms with Gasteiger partial charge in [0.05, 0.1) is 39.5 Å². The van der Waals surface area contributed by atoms with Gasteiger partial charge in [-0.1, -0.05) is 55.3 Å². The third-order valence-electron chi connectivity index (χ3n) is 5.32. The number of halogens is 3. The predicted octanol–water partition coefficient (Wildman–Crippen LogP) is 5.48. The average Bonchev–Trinajstić information content (AvgIpc) is 3.10. The molecule has 0 aliphatic carbocycles. The molecule has 0 saturated carbocycles. The molecule has 35 heavy (non-hydrogen) atoms. The first-order valence-corrected chi connectivity index (χ1v) is 14.0. The SMILES string of the molecule is CCOC(=O)C1=C(C)N=c2s/c(=C\c3cc(Br)cc(Br)c3OCC)c(=O)n2C1c1ccc(Br)cc1. The highest BCUT2D eigenvalue weighted by atomic mass is 79.9. The van der Waals surface area contributed by atoms with E-state index in [0.29, 0.717) is 33.0 Å². The third kappa shape index (κ3) is 5.26. The number of nitrogens with zero attached hydrogens (tertiary/aromatic N) is 2. The molecule has 3 aromatic rings. The monoisotopic (exact) mass is 682 g/mol. The predicted molar refractivity (Wildman–Crippen MR) is 148 cm³/mol. The highest BCUT2D eigenvalue weighted by molar-refractivity contribution is 9.11. The van der Waals surface area contributed by atoms with E-state index in [0.717, 1.165) is 24.5 Å². The number of esters is 1. The number of hydrogen-bond donors (Lipinski definition) is 0. The number of allylic oxidation sites excluding steroid dienone is 1. The Labute approximate surface area is 231 Å². The summed E-state index contributed by atoms with van der Waals surface area (Å²) in [6.07, 6.45) is 1.80. The van der Waals surface area contributed by atoms with Gasteiger partial charge in [-0.3, -0.25) is 9.36 Å².